The summed E-state index contributed by atoms with van der Waals surface area (Å²) in [6, 6.07) is 15.1. The highest BCUT2D eigenvalue weighted by atomic mass is 16.2. The molecule has 3 rings (SSSR count). The van der Waals surface area contributed by atoms with E-state index in [0.717, 1.165) is 16.9 Å². The summed E-state index contributed by atoms with van der Waals surface area (Å²) >= 11 is 0. The zero-order valence-corrected chi connectivity index (χ0v) is 13.5. The molecular formula is C18H19N5O. The third kappa shape index (κ3) is 4.19. The van der Waals surface area contributed by atoms with Crippen molar-refractivity contribution >= 4 is 11.7 Å². The largest absolute Gasteiger partial charge is 0.322 e. The lowest BCUT2D eigenvalue weighted by Gasteiger charge is -2.17. The number of amides is 2. The number of hydrogen-bond donors (Lipinski definition) is 1. The molecule has 122 valence electrons. The quantitative estimate of drug-likeness (QED) is 0.786. The average Bonchev–Trinajstić information content (AvgIpc) is 3.10. The van der Waals surface area contributed by atoms with Crippen molar-refractivity contribution in [1.82, 2.24) is 19.7 Å². The Balaban J connectivity index is 1.56. The molecule has 2 aromatic heterocycles. The minimum atomic E-state index is -0.166. The van der Waals surface area contributed by atoms with E-state index in [0.29, 0.717) is 13.1 Å². The minimum Gasteiger partial charge on any atom is -0.322 e. The molecule has 0 saturated heterocycles. The molecule has 0 fully saturated rings. The number of hydrogen-bond acceptors (Lipinski definition) is 3. The van der Waals surface area contributed by atoms with Crippen molar-refractivity contribution in [3.8, 4) is 0 Å². The molecule has 0 aliphatic carbocycles. The first-order valence-electron chi connectivity index (χ1n) is 7.69. The van der Waals surface area contributed by atoms with Crippen LogP contribution in [0.15, 0.2) is 67.1 Å². The summed E-state index contributed by atoms with van der Waals surface area (Å²) in [6.07, 6.45) is 5.40. The van der Waals surface area contributed by atoms with Gasteiger partial charge in [-0.1, -0.05) is 18.2 Å². The number of carbonyl (C=O) groups is 1. The Morgan fingerprint density at radius 1 is 1.12 bits per heavy atom. The van der Waals surface area contributed by atoms with Crippen LogP contribution in [0.3, 0.4) is 0 Å². The molecule has 0 saturated carbocycles. The van der Waals surface area contributed by atoms with Gasteiger partial charge in [0.05, 0.1) is 18.8 Å². The number of aromatic nitrogens is 3. The molecule has 0 spiro atoms. The van der Waals surface area contributed by atoms with Crippen molar-refractivity contribution in [3.63, 3.8) is 0 Å². The molecule has 0 atom stereocenters. The van der Waals surface area contributed by atoms with E-state index in [2.05, 4.69) is 15.4 Å². The third-order valence-electron chi connectivity index (χ3n) is 3.58. The van der Waals surface area contributed by atoms with Gasteiger partial charge in [0.2, 0.25) is 0 Å². The summed E-state index contributed by atoms with van der Waals surface area (Å²) in [5.41, 5.74) is 2.74. The number of nitrogens with zero attached hydrogens (tertiary/aromatic N) is 4. The van der Waals surface area contributed by atoms with Gasteiger partial charge in [0.25, 0.3) is 0 Å². The molecule has 24 heavy (non-hydrogen) atoms. The van der Waals surface area contributed by atoms with Gasteiger partial charge in [-0.25, -0.2) is 4.79 Å². The summed E-state index contributed by atoms with van der Waals surface area (Å²) in [6.45, 7) is 1.17. The number of nitrogens with one attached hydrogen (secondary N) is 1. The van der Waals surface area contributed by atoms with E-state index < -0.39 is 0 Å². The topological polar surface area (TPSA) is 63.1 Å². The van der Waals surface area contributed by atoms with Crippen molar-refractivity contribution < 1.29 is 4.79 Å². The molecular weight excluding hydrogens is 302 g/mol. The number of urea groups is 1. The molecule has 0 radical (unpaired) electrons. The zero-order valence-electron chi connectivity index (χ0n) is 13.5. The average molecular weight is 321 g/mol. The van der Waals surface area contributed by atoms with E-state index in [1.165, 1.54) is 0 Å². The lowest BCUT2D eigenvalue weighted by molar-refractivity contribution is 0.220. The first kappa shape index (κ1) is 15.7. The molecule has 1 N–H and O–H groups in total. The van der Waals surface area contributed by atoms with Crippen LogP contribution in [0.5, 0.6) is 0 Å². The standard InChI is InChI=1S/C18H19N5O/c1-22(14-17-5-2-3-10-19-17)18(24)21-16-8-6-15(7-9-16)13-23-12-4-11-20-23/h2-12H,13-14H2,1H3,(H,21,24). The van der Waals surface area contributed by atoms with Crippen LogP contribution in [0.4, 0.5) is 10.5 Å². The normalized spacial score (nSPS) is 10.4. The van der Waals surface area contributed by atoms with E-state index in [1.807, 2.05) is 59.4 Å². The maximum atomic E-state index is 12.2. The SMILES string of the molecule is CN(Cc1ccccn1)C(=O)Nc1ccc(Cn2cccn2)cc1. The summed E-state index contributed by atoms with van der Waals surface area (Å²) in [4.78, 5) is 18.1. The van der Waals surface area contributed by atoms with Gasteiger partial charge in [0.15, 0.2) is 0 Å². The Morgan fingerprint density at radius 2 is 1.96 bits per heavy atom. The second-order valence-electron chi connectivity index (χ2n) is 5.51. The predicted molar refractivity (Wildman–Crippen MR) is 92.5 cm³/mol. The van der Waals surface area contributed by atoms with Gasteiger partial charge in [-0.05, 0) is 35.9 Å². The Hall–Kier alpha value is -3.15. The number of anilines is 1. The summed E-state index contributed by atoms with van der Waals surface area (Å²) in [5, 5.41) is 7.06. The van der Waals surface area contributed by atoms with Crippen molar-refractivity contribution in [2.75, 3.05) is 12.4 Å². The molecule has 6 nitrogen and oxygen atoms in total. The fourth-order valence-corrected chi connectivity index (χ4v) is 2.30. The van der Waals surface area contributed by atoms with Crippen molar-refractivity contribution in [1.29, 1.82) is 0 Å². The van der Waals surface area contributed by atoms with Crippen LogP contribution in [0.1, 0.15) is 11.3 Å². The number of carbonyl (C=O) groups excluding carboxylic acids is 1. The smallest absolute Gasteiger partial charge is 0.321 e. The fraction of sp³-hybridized carbons (Fsp3) is 0.167. The van der Waals surface area contributed by atoms with E-state index in [-0.39, 0.29) is 6.03 Å². The van der Waals surface area contributed by atoms with Crippen molar-refractivity contribution in [2.45, 2.75) is 13.1 Å². The highest BCUT2D eigenvalue weighted by Gasteiger charge is 2.09. The van der Waals surface area contributed by atoms with Crippen LogP contribution in [-0.4, -0.2) is 32.7 Å². The molecule has 6 heteroatoms. The van der Waals surface area contributed by atoms with Gasteiger partial charge in [-0.2, -0.15) is 5.10 Å². The van der Waals surface area contributed by atoms with Crippen LogP contribution in [0, 0.1) is 0 Å². The molecule has 0 aliphatic rings. The lowest BCUT2D eigenvalue weighted by atomic mass is 10.2. The maximum Gasteiger partial charge on any atom is 0.321 e. The molecule has 0 aliphatic heterocycles. The van der Waals surface area contributed by atoms with Gasteiger partial charge >= 0.3 is 6.03 Å². The van der Waals surface area contributed by atoms with E-state index in [1.54, 1.807) is 24.3 Å². The minimum absolute atomic E-state index is 0.166. The summed E-state index contributed by atoms with van der Waals surface area (Å²) < 4.78 is 1.86. The molecule has 1 aromatic carbocycles. The van der Waals surface area contributed by atoms with Gasteiger partial charge in [0, 0.05) is 31.3 Å². The first-order valence-corrected chi connectivity index (χ1v) is 7.69. The van der Waals surface area contributed by atoms with Crippen LogP contribution in [0.2, 0.25) is 0 Å². The number of pyridine rings is 1. The Kier molecular flexibility index (Phi) is 4.86. The third-order valence-corrected chi connectivity index (χ3v) is 3.58. The molecule has 2 amide bonds. The zero-order chi connectivity index (χ0) is 16.8. The van der Waals surface area contributed by atoms with Crippen LogP contribution in [-0.2, 0) is 13.1 Å². The maximum absolute atomic E-state index is 12.2. The Labute approximate surface area is 140 Å². The molecule has 0 unspecified atom stereocenters. The predicted octanol–water partition coefficient (Wildman–Crippen LogP) is 2.99. The van der Waals surface area contributed by atoms with Crippen molar-refractivity contribution in [3.05, 3.63) is 78.4 Å². The second kappa shape index (κ2) is 7.41. The highest BCUT2D eigenvalue weighted by Crippen LogP contribution is 2.12. The van der Waals surface area contributed by atoms with E-state index in [4.69, 9.17) is 0 Å². The van der Waals surface area contributed by atoms with E-state index in [9.17, 15) is 4.79 Å². The lowest BCUT2D eigenvalue weighted by Crippen LogP contribution is -2.31. The van der Waals surface area contributed by atoms with Crippen LogP contribution >= 0.6 is 0 Å². The number of benzene rings is 1. The fourth-order valence-electron chi connectivity index (χ4n) is 2.30. The Bertz CT molecular complexity index is 769. The van der Waals surface area contributed by atoms with E-state index >= 15 is 0 Å². The summed E-state index contributed by atoms with van der Waals surface area (Å²) in [5.74, 6) is 0. The van der Waals surface area contributed by atoms with Gasteiger partial charge < -0.3 is 10.2 Å². The van der Waals surface area contributed by atoms with Gasteiger partial charge in [-0.15, -0.1) is 0 Å². The highest BCUT2D eigenvalue weighted by molar-refractivity contribution is 5.89. The first-order chi connectivity index (χ1) is 11.7. The molecule has 3 aromatic rings. The number of rotatable bonds is 5. The van der Waals surface area contributed by atoms with Crippen LogP contribution in [0.25, 0.3) is 0 Å². The van der Waals surface area contributed by atoms with Crippen LogP contribution < -0.4 is 5.32 Å². The van der Waals surface area contributed by atoms with Gasteiger partial charge in [0.1, 0.15) is 0 Å². The van der Waals surface area contributed by atoms with Gasteiger partial charge in [-0.3, -0.25) is 9.67 Å². The van der Waals surface area contributed by atoms with Crippen molar-refractivity contribution in [2.24, 2.45) is 0 Å². The second-order valence-corrected chi connectivity index (χ2v) is 5.51. The molecule has 0 bridgehead atoms. The molecule has 2 heterocycles. The summed E-state index contributed by atoms with van der Waals surface area (Å²) in [7, 11) is 1.75. The Morgan fingerprint density at radius 3 is 2.62 bits per heavy atom. The monoisotopic (exact) mass is 321 g/mol.